The Kier molecular flexibility index (Phi) is 12.6. The molecule has 2 saturated heterocycles. The molecular formula is C56H58N8O6. The Balaban J connectivity index is 0.839. The first-order valence-electron chi connectivity index (χ1n) is 24.7. The van der Waals surface area contributed by atoms with Crippen molar-refractivity contribution in [3.63, 3.8) is 0 Å². The number of hydrogen-bond donors (Lipinski definition) is 3. The summed E-state index contributed by atoms with van der Waals surface area (Å²) in [6, 6.07) is 38.2. The summed E-state index contributed by atoms with van der Waals surface area (Å²) in [4.78, 5) is 78.0. The Morgan fingerprint density at radius 1 is 0.629 bits per heavy atom. The van der Waals surface area contributed by atoms with Gasteiger partial charge in [-0.1, -0.05) is 123 Å². The number of carbonyl (C=O) groups excluding carboxylic acids is 3. The van der Waals surface area contributed by atoms with Gasteiger partial charge in [-0.25, -0.2) is 19.8 Å². The van der Waals surface area contributed by atoms with E-state index in [9.17, 15) is 14.4 Å². The zero-order chi connectivity index (χ0) is 47.7. The second-order valence-electron chi connectivity index (χ2n) is 19.3. The number of carbonyl (C=O) groups is 3. The maximum Gasteiger partial charge on any atom is 0.407 e. The van der Waals surface area contributed by atoms with Gasteiger partial charge in [0.2, 0.25) is 6.40 Å². The zero-order valence-corrected chi connectivity index (χ0v) is 39.5. The smallest absolute Gasteiger partial charge is 0.407 e. The Bertz CT molecular complexity index is 3030. The lowest BCUT2D eigenvalue weighted by Gasteiger charge is -2.36. The minimum atomic E-state index is -0.887. The Labute approximate surface area is 406 Å². The molecule has 0 unspecified atom stereocenters. The molecule has 11 rings (SSSR count). The second kappa shape index (κ2) is 19.6. The second-order valence-corrected chi connectivity index (χ2v) is 19.3. The topological polar surface area (TPSA) is 167 Å². The van der Waals surface area contributed by atoms with E-state index in [1.165, 1.54) is 20.6 Å². The van der Waals surface area contributed by atoms with E-state index >= 15 is 0 Å². The fraction of sp³-hybridized carbons (Fsp3) is 0.357. The molecule has 0 spiro atoms. The Hall–Kier alpha value is -7.32. The highest BCUT2D eigenvalue weighted by atomic mass is 17.2. The summed E-state index contributed by atoms with van der Waals surface area (Å²) in [7, 11) is 2.72. The highest BCUT2D eigenvalue weighted by Gasteiger charge is 2.49. The van der Waals surface area contributed by atoms with Crippen molar-refractivity contribution in [1.82, 2.24) is 35.1 Å². The summed E-state index contributed by atoms with van der Waals surface area (Å²) < 4.78 is 4.97. The lowest BCUT2D eigenvalue weighted by molar-refractivity contribution is -0.188. The van der Waals surface area contributed by atoms with Crippen LogP contribution in [0.4, 0.5) is 4.79 Å². The van der Waals surface area contributed by atoms with Crippen LogP contribution in [0.5, 0.6) is 0 Å². The maximum absolute atomic E-state index is 14.7. The molecule has 2 saturated carbocycles. The van der Waals surface area contributed by atoms with Crippen LogP contribution in [0.15, 0.2) is 126 Å². The monoisotopic (exact) mass is 938 g/mol. The number of aromatic nitrogens is 4. The quantitative estimate of drug-likeness (QED) is 0.0471. The van der Waals surface area contributed by atoms with Crippen LogP contribution in [0.3, 0.4) is 0 Å². The van der Waals surface area contributed by atoms with E-state index in [2.05, 4.69) is 85.8 Å². The lowest BCUT2D eigenvalue weighted by atomic mass is 9.84. The first kappa shape index (κ1) is 45.1. The van der Waals surface area contributed by atoms with Crippen molar-refractivity contribution in [2.45, 2.75) is 100 Å². The highest BCUT2D eigenvalue weighted by Crippen LogP contribution is 2.49. The van der Waals surface area contributed by atoms with Gasteiger partial charge >= 0.3 is 6.09 Å². The first-order valence-corrected chi connectivity index (χ1v) is 24.7. The molecule has 4 heterocycles. The molecule has 4 fully saturated rings. The Morgan fingerprint density at radius 3 is 1.63 bits per heavy atom. The number of rotatable bonds is 12. The average Bonchev–Trinajstić information content (AvgIpc) is 4.22. The van der Waals surface area contributed by atoms with Gasteiger partial charge in [0.25, 0.3) is 11.8 Å². The molecule has 5 aromatic carbocycles. The van der Waals surface area contributed by atoms with Gasteiger partial charge < -0.3 is 34.7 Å². The summed E-state index contributed by atoms with van der Waals surface area (Å²) in [5, 5.41) is 2.83. The van der Waals surface area contributed by atoms with Crippen molar-refractivity contribution < 1.29 is 28.9 Å². The number of aromatic amines is 2. The molecule has 3 amide bonds. The predicted molar refractivity (Wildman–Crippen MR) is 267 cm³/mol. The summed E-state index contributed by atoms with van der Waals surface area (Å²) in [5.41, 5.74) is 9.20. The SMILES string of the molecule is COO/C=N\[C@@H](C(=O)N1[C@@H]2CCCC[C@@H]2C[C@H]1c1nc2cc(-c3ccc(-c4ccc5[nH]c([C@@H]6C[C@H]7CCCC[C@H]7N6C(=O)[C@H](NC(=O)OC)c6ccccc6)nc5c4)cc3)ccc2[nH]1)c1ccccc1. The van der Waals surface area contributed by atoms with Crippen LogP contribution < -0.4 is 5.32 Å². The molecule has 0 bridgehead atoms. The number of alkyl carbamates (subject to hydrolysis) is 1. The fourth-order valence-corrected chi connectivity index (χ4v) is 12.1. The highest BCUT2D eigenvalue weighted by molar-refractivity contribution is 5.89. The number of amides is 3. The average molecular weight is 939 g/mol. The van der Waals surface area contributed by atoms with Crippen LogP contribution in [0.1, 0.15) is 111 Å². The summed E-state index contributed by atoms with van der Waals surface area (Å²) in [6.07, 6.45) is 10.7. The van der Waals surface area contributed by atoms with E-state index in [0.717, 1.165) is 126 Å². The molecule has 14 heteroatoms. The molecule has 2 aromatic heterocycles. The number of methoxy groups -OCH3 is 1. The van der Waals surface area contributed by atoms with Crippen molar-refractivity contribution in [1.29, 1.82) is 0 Å². The van der Waals surface area contributed by atoms with Gasteiger partial charge in [0.15, 0.2) is 6.04 Å². The van der Waals surface area contributed by atoms with Crippen LogP contribution >= 0.6 is 0 Å². The number of benzene rings is 5. The zero-order valence-electron chi connectivity index (χ0n) is 39.5. The molecule has 70 heavy (non-hydrogen) atoms. The third-order valence-corrected chi connectivity index (χ3v) is 15.4. The molecule has 2 aliphatic heterocycles. The summed E-state index contributed by atoms with van der Waals surface area (Å²) in [6.45, 7) is 0. The van der Waals surface area contributed by atoms with E-state index in [1.807, 2.05) is 65.6 Å². The number of hydrogen-bond acceptors (Lipinski definition) is 9. The number of nitrogens with one attached hydrogen (secondary N) is 3. The van der Waals surface area contributed by atoms with Gasteiger partial charge in [-0.2, -0.15) is 4.89 Å². The van der Waals surface area contributed by atoms with Crippen molar-refractivity contribution >= 4 is 46.4 Å². The molecule has 0 radical (unpaired) electrons. The Morgan fingerprint density at radius 2 is 1.11 bits per heavy atom. The van der Waals surface area contributed by atoms with E-state index in [1.54, 1.807) is 0 Å². The van der Waals surface area contributed by atoms with Gasteiger partial charge in [-0.05, 0) is 108 Å². The fourth-order valence-electron chi connectivity index (χ4n) is 12.1. The molecule has 2 aliphatic carbocycles. The number of H-pyrrole nitrogens is 2. The maximum atomic E-state index is 14.7. The molecule has 8 atom stereocenters. The largest absolute Gasteiger partial charge is 0.453 e. The number of ether oxygens (including phenoxy) is 1. The van der Waals surface area contributed by atoms with Crippen LogP contribution in [0.25, 0.3) is 44.3 Å². The van der Waals surface area contributed by atoms with Crippen molar-refractivity contribution in [2.75, 3.05) is 14.2 Å². The van der Waals surface area contributed by atoms with E-state index in [4.69, 9.17) is 24.5 Å². The van der Waals surface area contributed by atoms with Crippen molar-refractivity contribution in [3.05, 3.63) is 144 Å². The number of fused-ring (bicyclic) bond motifs is 4. The molecule has 3 N–H and O–H groups in total. The number of nitrogens with zero attached hydrogens (tertiary/aromatic N) is 5. The first-order chi connectivity index (χ1) is 34.3. The van der Waals surface area contributed by atoms with E-state index in [0.29, 0.717) is 17.4 Å². The van der Waals surface area contributed by atoms with Crippen LogP contribution in [-0.4, -0.2) is 80.3 Å². The lowest BCUT2D eigenvalue weighted by Crippen LogP contribution is -2.47. The van der Waals surface area contributed by atoms with Gasteiger partial charge in [0.1, 0.15) is 17.7 Å². The minimum Gasteiger partial charge on any atom is -0.453 e. The van der Waals surface area contributed by atoms with Crippen molar-refractivity contribution in [2.24, 2.45) is 16.8 Å². The molecule has 358 valence electrons. The third-order valence-electron chi connectivity index (χ3n) is 15.4. The predicted octanol–water partition coefficient (Wildman–Crippen LogP) is 10.9. The molecule has 14 nitrogen and oxygen atoms in total. The number of likely N-dealkylation sites (tertiary alicyclic amines) is 2. The van der Waals surface area contributed by atoms with Crippen LogP contribution in [0, 0.1) is 11.8 Å². The van der Waals surface area contributed by atoms with Crippen molar-refractivity contribution in [3.8, 4) is 22.3 Å². The minimum absolute atomic E-state index is 0.0641. The summed E-state index contributed by atoms with van der Waals surface area (Å²) >= 11 is 0. The van der Waals surface area contributed by atoms with Gasteiger partial charge in [-0.15, -0.1) is 0 Å². The standard InChI is InChI=1S/C56H58N8O6/c1-68-56(67)62-51(37-15-7-4-8-16-37)55(66)64-47-20-12-10-18-41(47)32-49(64)53-59-43-28-26-39(30-45(43)61-53)35-23-21-34(22-24-35)38-25-27-42-44(29-38)60-52(58-42)48-31-40-17-9-11-19-46(40)63(48)54(65)50(57-33-70-69-2)36-13-5-3-6-14-36/h3-8,13-16,21-30,33,40-41,46-51H,9-12,17-20,31-32H2,1-2H3,(H,58,60)(H,59,61)(H,62,67)/b57-33-/t40-,41-,46-,47-,48+,49+,50-,51-/m1/s1. The van der Waals surface area contributed by atoms with Crippen LogP contribution in [-0.2, 0) is 24.1 Å². The van der Waals surface area contributed by atoms with E-state index in [-0.39, 0.29) is 36.0 Å². The number of imidazole rings is 2. The number of aliphatic imine (C=N–C) groups is 1. The van der Waals surface area contributed by atoms with Gasteiger partial charge in [-0.3, -0.25) is 9.59 Å². The third kappa shape index (κ3) is 8.69. The summed E-state index contributed by atoms with van der Waals surface area (Å²) in [5.74, 6) is 2.09. The van der Waals surface area contributed by atoms with Gasteiger partial charge in [0.05, 0.1) is 48.4 Å². The van der Waals surface area contributed by atoms with E-state index < -0.39 is 18.2 Å². The molecular weight excluding hydrogens is 881 g/mol. The van der Waals surface area contributed by atoms with Crippen LogP contribution in [0.2, 0.25) is 0 Å². The normalized spacial score (nSPS) is 23.0. The van der Waals surface area contributed by atoms with Gasteiger partial charge in [0, 0.05) is 12.1 Å². The molecule has 4 aliphatic rings. The molecule has 7 aromatic rings.